The second kappa shape index (κ2) is 4.19. The lowest BCUT2D eigenvalue weighted by Crippen LogP contribution is -1.80. The highest BCUT2D eigenvalue weighted by atomic mass is 79.9. The summed E-state index contributed by atoms with van der Waals surface area (Å²) in [6, 6.07) is 5.55. The van der Waals surface area contributed by atoms with Gasteiger partial charge in [0.1, 0.15) is 0 Å². The van der Waals surface area contributed by atoms with Gasteiger partial charge < -0.3 is 0 Å². The first-order valence-corrected chi connectivity index (χ1v) is 4.43. The standard InChI is InChI=1S/C9H8BrNO/c1-2-7-3-4-8(11-6-12)5-9(7)10/h3-5H,2H2,1H3. The van der Waals surface area contributed by atoms with Gasteiger partial charge in [0.2, 0.25) is 6.08 Å². The van der Waals surface area contributed by atoms with Crippen molar-refractivity contribution >= 4 is 27.7 Å². The van der Waals surface area contributed by atoms with Crippen LogP contribution in [0.4, 0.5) is 5.69 Å². The Morgan fingerprint density at radius 1 is 1.58 bits per heavy atom. The molecule has 0 N–H and O–H groups in total. The molecule has 0 bridgehead atoms. The molecule has 0 saturated heterocycles. The molecule has 0 aliphatic heterocycles. The van der Waals surface area contributed by atoms with E-state index in [2.05, 4.69) is 27.8 Å². The van der Waals surface area contributed by atoms with Crippen LogP contribution in [0.25, 0.3) is 0 Å². The Morgan fingerprint density at radius 2 is 2.33 bits per heavy atom. The van der Waals surface area contributed by atoms with Crippen molar-refractivity contribution < 1.29 is 4.79 Å². The van der Waals surface area contributed by atoms with Crippen LogP contribution >= 0.6 is 15.9 Å². The van der Waals surface area contributed by atoms with E-state index in [-0.39, 0.29) is 0 Å². The minimum absolute atomic E-state index is 0.633. The molecule has 62 valence electrons. The first-order valence-electron chi connectivity index (χ1n) is 3.64. The third-order valence-corrected chi connectivity index (χ3v) is 2.33. The number of halogens is 1. The van der Waals surface area contributed by atoms with Gasteiger partial charge in [0.05, 0.1) is 5.69 Å². The van der Waals surface area contributed by atoms with E-state index >= 15 is 0 Å². The number of hydrogen-bond acceptors (Lipinski definition) is 2. The van der Waals surface area contributed by atoms with Gasteiger partial charge >= 0.3 is 0 Å². The van der Waals surface area contributed by atoms with Crippen molar-refractivity contribution in [3.63, 3.8) is 0 Å². The maximum atomic E-state index is 9.93. The van der Waals surface area contributed by atoms with Crippen molar-refractivity contribution in [3.8, 4) is 0 Å². The van der Waals surface area contributed by atoms with Gasteiger partial charge in [-0.05, 0) is 24.1 Å². The zero-order valence-electron chi connectivity index (χ0n) is 6.67. The second-order valence-corrected chi connectivity index (χ2v) is 3.19. The second-order valence-electron chi connectivity index (χ2n) is 2.33. The van der Waals surface area contributed by atoms with E-state index in [0.29, 0.717) is 5.69 Å². The first kappa shape index (κ1) is 9.17. The van der Waals surface area contributed by atoms with Crippen molar-refractivity contribution in [1.82, 2.24) is 0 Å². The molecule has 3 heteroatoms. The molecule has 1 aromatic carbocycles. The van der Waals surface area contributed by atoms with E-state index in [1.54, 1.807) is 6.07 Å². The van der Waals surface area contributed by atoms with Crippen molar-refractivity contribution in [3.05, 3.63) is 28.2 Å². The predicted octanol–water partition coefficient (Wildman–Crippen LogP) is 2.98. The third kappa shape index (κ3) is 2.03. The molecule has 0 amide bonds. The van der Waals surface area contributed by atoms with Crippen LogP contribution in [0.3, 0.4) is 0 Å². The van der Waals surface area contributed by atoms with Gasteiger partial charge in [0.25, 0.3) is 0 Å². The van der Waals surface area contributed by atoms with E-state index < -0.39 is 0 Å². The lowest BCUT2D eigenvalue weighted by atomic mass is 10.1. The van der Waals surface area contributed by atoms with Gasteiger partial charge in [-0.3, -0.25) is 0 Å². The molecule has 0 aliphatic rings. The first-order chi connectivity index (χ1) is 5.77. The fraction of sp³-hybridized carbons (Fsp3) is 0.222. The molecule has 1 aromatic rings. The molecular formula is C9H8BrNO. The summed E-state index contributed by atoms with van der Waals surface area (Å²) in [5.41, 5.74) is 1.84. The molecule has 0 aromatic heterocycles. The number of aliphatic imine (C=N–C) groups is 1. The topological polar surface area (TPSA) is 29.4 Å². The summed E-state index contributed by atoms with van der Waals surface area (Å²) >= 11 is 3.39. The van der Waals surface area contributed by atoms with Crippen LogP contribution < -0.4 is 0 Å². The van der Waals surface area contributed by atoms with Crippen LogP contribution in [-0.4, -0.2) is 6.08 Å². The highest BCUT2D eigenvalue weighted by Gasteiger charge is 1.97. The molecular weight excluding hydrogens is 218 g/mol. The summed E-state index contributed by atoms with van der Waals surface area (Å²) in [5, 5.41) is 0. The molecule has 0 heterocycles. The van der Waals surface area contributed by atoms with Crippen molar-refractivity contribution in [2.24, 2.45) is 4.99 Å². The zero-order chi connectivity index (χ0) is 8.97. The van der Waals surface area contributed by atoms with E-state index in [4.69, 9.17) is 0 Å². The van der Waals surface area contributed by atoms with Gasteiger partial charge in [-0.1, -0.05) is 28.9 Å². The predicted molar refractivity (Wildman–Crippen MR) is 51.3 cm³/mol. The van der Waals surface area contributed by atoms with Crippen molar-refractivity contribution in [2.45, 2.75) is 13.3 Å². The van der Waals surface area contributed by atoms with Crippen molar-refractivity contribution in [2.75, 3.05) is 0 Å². The van der Waals surface area contributed by atoms with Crippen LogP contribution in [0.1, 0.15) is 12.5 Å². The van der Waals surface area contributed by atoms with E-state index in [1.807, 2.05) is 12.1 Å². The molecule has 0 radical (unpaired) electrons. The highest BCUT2D eigenvalue weighted by Crippen LogP contribution is 2.23. The molecule has 2 nitrogen and oxygen atoms in total. The van der Waals surface area contributed by atoms with Crippen LogP contribution in [0.5, 0.6) is 0 Å². The molecule has 0 atom stereocenters. The Bertz CT molecular complexity index is 329. The minimum atomic E-state index is 0.633. The Balaban J connectivity index is 3.09. The van der Waals surface area contributed by atoms with E-state index in [0.717, 1.165) is 10.9 Å². The molecule has 0 fully saturated rings. The van der Waals surface area contributed by atoms with Crippen LogP contribution in [0.2, 0.25) is 0 Å². The molecule has 0 spiro atoms. The van der Waals surface area contributed by atoms with Crippen molar-refractivity contribution in [1.29, 1.82) is 0 Å². The number of hydrogen-bond donors (Lipinski definition) is 0. The van der Waals surface area contributed by atoms with Crippen LogP contribution in [0, 0.1) is 0 Å². The molecule has 0 aliphatic carbocycles. The normalized spacial score (nSPS) is 9.17. The SMILES string of the molecule is CCc1ccc(N=C=O)cc1Br. The lowest BCUT2D eigenvalue weighted by Gasteiger charge is -1.99. The lowest BCUT2D eigenvalue weighted by molar-refractivity contribution is 0.565. The number of aryl methyl sites for hydroxylation is 1. The largest absolute Gasteiger partial charge is 0.240 e. The maximum absolute atomic E-state index is 9.93. The molecule has 12 heavy (non-hydrogen) atoms. The summed E-state index contributed by atoms with van der Waals surface area (Å²) in [7, 11) is 0. The van der Waals surface area contributed by atoms with Gasteiger partial charge in [-0.25, -0.2) is 4.79 Å². The Hall–Kier alpha value is -0.920. The fourth-order valence-corrected chi connectivity index (χ4v) is 1.59. The number of carbonyl (C=O) groups excluding carboxylic acids is 1. The zero-order valence-corrected chi connectivity index (χ0v) is 8.26. The van der Waals surface area contributed by atoms with E-state index in [1.165, 1.54) is 11.6 Å². The number of benzene rings is 1. The molecule has 0 unspecified atom stereocenters. The maximum Gasteiger partial charge on any atom is 0.240 e. The van der Waals surface area contributed by atoms with Gasteiger partial charge in [-0.2, -0.15) is 4.99 Å². The monoisotopic (exact) mass is 225 g/mol. The van der Waals surface area contributed by atoms with Gasteiger partial charge in [0, 0.05) is 4.47 Å². The van der Waals surface area contributed by atoms with Crippen LogP contribution in [0.15, 0.2) is 27.7 Å². The molecule has 0 saturated carbocycles. The minimum Gasteiger partial charge on any atom is -0.211 e. The van der Waals surface area contributed by atoms with Gasteiger partial charge in [-0.15, -0.1) is 0 Å². The van der Waals surface area contributed by atoms with Crippen LogP contribution in [-0.2, 0) is 11.2 Å². The third-order valence-electron chi connectivity index (χ3n) is 1.59. The smallest absolute Gasteiger partial charge is 0.211 e. The Morgan fingerprint density at radius 3 is 2.83 bits per heavy atom. The Labute approximate surface area is 79.5 Å². The molecule has 1 rings (SSSR count). The summed E-state index contributed by atoms with van der Waals surface area (Å²) in [6.07, 6.45) is 2.47. The summed E-state index contributed by atoms with van der Waals surface area (Å²) < 4.78 is 0.988. The summed E-state index contributed by atoms with van der Waals surface area (Å²) in [5.74, 6) is 0. The highest BCUT2D eigenvalue weighted by molar-refractivity contribution is 9.10. The fourth-order valence-electron chi connectivity index (χ4n) is 0.945. The Kier molecular flexibility index (Phi) is 3.20. The number of rotatable bonds is 2. The average molecular weight is 226 g/mol. The van der Waals surface area contributed by atoms with Gasteiger partial charge in [0.15, 0.2) is 0 Å². The number of nitrogens with zero attached hydrogens (tertiary/aromatic N) is 1. The average Bonchev–Trinajstić information content (AvgIpc) is 2.05. The number of isocyanates is 1. The van der Waals surface area contributed by atoms with E-state index in [9.17, 15) is 4.79 Å². The quantitative estimate of drug-likeness (QED) is 0.563. The summed E-state index contributed by atoms with van der Waals surface area (Å²) in [6.45, 7) is 2.07. The summed E-state index contributed by atoms with van der Waals surface area (Å²) in [4.78, 5) is 13.4.